The molecule has 94 heavy (non-hydrogen) atoms. The molecule has 2 amide bonds. The zero-order valence-corrected chi connectivity index (χ0v) is 57.6. The van der Waals surface area contributed by atoms with Gasteiger partial charge in [-0.15, -0.1) is 0 Å². The van der Waals surface area contributed by atoms with Crippen LogP contribution in [0.4, 0.5) is 17.6 Å². The van der Waals surface area contributed by atoms with E-state index >= 15 is 17.6 Å². The van der Waals surface area contributed by atoms with Gasteiger partial charge in [-0.05, 0) is 136 Å². The van der Waals surface area contributed by atoms with E-state index in [1.54, 1.807) is 50.2 Å². The van der Waals surface area contributed by atoms with Crippen molar-refractivity contribution in [2.45, 2.75) is 230 Å². The van der Waals surface area contributed by atoms with Crippen LogP contribution in [0.15, 0.2) is 36.4 Å². The number of fused-ring (bicyclic) bond motifs is 10. The van der Waals surface area contributed by atoms with E-state index in [1.807, 2.05) is 19.5 Å². The average Bonchev–Trinajstić information content (AvgIpc) is 1.33. The van der Waals surface area contributed by atoms with Crippen molar-refractivity contribution in [2.75, 3.05) is 27.3 Å². The molecule has 4 saturated carbocycles. The Kier molecular flexibility index (Phi) is 23.6. The number of hydrogen-bond donors (Lipinski definition) is 0. The first-order valence-corrected chi connectivity index (χ1v) is 33.6. The number of nitrogens with zero attached hydrogens (tertiary/aromatic N) is 6. The van der Waals surface area contributed by atoms with E-state index in [4.69, 9.17) is 28.4 Å². The van der Waals surface area contributed by atoms with Gasteiger partial charge in [0.1, 0.15) is 35.9 Å². The molecule has 0 spiro atoms. The third-order valence-electron chi connectivity index (χ3n) is 22.0. The molecule has 6 fully saturated rings. The van der Waals surface area contributed by atoms with Gasteiger partial charge in [0, 0.05) is 62.1 Å². The summed E-state index contributed by atoms with van der Waals surface area (Å²) in [6.45, 7) is 7.53. The Balaban J connectivity index is 0.000000217. The molecule has 0 unspecified atom stereocenters. The zero-order chi connectivity index (χ0) is 65.3. The Labute approximate surface area is 571 Å². The average molecular weight is 1380 g/mol. The molecule has 8 aliphatic rings. The Morgan fingerprint density at radius 2 is 0.894 bits per heavy atom. The number of benzene rings is 2. The number of rotatable bonds is 6. The zero-order valence-electron chi connectivity index (χ0n) is 54.8. The van der Waals surface area contributed by atoms with Gasteiger partial charge >= 0.3 is 11.9 Å². The molecule has 24 heteroatoms. The van der Waals surface area contributed by atoms with E-state index in [9.17, 15) is 28.8 Å². The van der Waals surface area contributed by atoms with Gasteiger partial charge in [-0.3, -0.25) is 19.2 Å². The first-order valence-electron chi connectivity index (χ1n) is 33.6. The fourth-order valence-electron chi connectivity index (χ4n) is 16.0. The summed E-state index contributed by atoms with van der Waals surface area (Å²) < 4.78 is 98.9. The molecule has 2 radical (unpaired) electrons. The summed E-state index contributed by atoms with van der Waals surface area (Å²) in [5, 5.41) is 0. The predicted octanol–water partition coefficient (Wildman–Crippen LogP) is 12.6. The standard InChI is InChI=1S/C36H46F2N3O6.C34H42F2N3O6.2V/c1-22-28(21-42)41-20-30(22)47-33-32(39-26-14-13-24(45-3)18-27(26)40-33)36(37,38)17-8-5-10-23-11-9-12-29(23)46-31(43)19-25(34(41)44)35(2)15-6-4-7-16-35;1-20-26(19-40)39-18-28(20)45-31-30(37-24-11-10-22(43-3)16-25(24)38-31)34(35,36)14-8-5-9-21-15-27(21)44-29(41)17-23(32(39)42)33(2)12-6-4-7-13-33;;/h13-14,18,22-23,25,28-30H,4-12,15-17,19-20H2,1-3H3;10-11,16,20-21,23,26-28H,4-9,12-15,17-18H2,1-3H3;;/q2*-1;;/t22-,23+,25+,28+,29+,30-;20-,21+,23+,26+,27+,28-;;/m00../s1. The second-order valence-corrected chi connectivity index (χ2v) is 28.2. The first kappa shape index (κ1) is 72.7. The number of alkyl halides is 4. The molecular weight excluding hydrogens is 1290 g/mol. The molecule has 4 bridgehead atoms. The van der Waals surface area contributed by atoms with Crippen LogP contribution in [0.2, 0.25) is 0 Å². The van der Waals surface area contributed by atoms with Crippen LogP contribution >= 0.6 is 0 Å². The molecule has 12 rings (SSSR count). The van der Waals surface area contributed by atoms with Crippen LogP contribution < -0.4 is 18.9 Å². The van der Waals surface area contributed by atoms with Crippen molar-refractivity contribution in [3.05, 3.63) is 47.8 Å². The Bertz CT molecular complexity index is 3380. The van der Waals surface area contributed by atoms with Crippen LogP contribution in [0.5, 0.6) is 23.3 Å². The van der Waals surface area contributed by atoms with Gasteiger partial charge in [-0.25, -0.2) is 32.5 Å². The van der Waals surface area contributed by atoms with E-state index in [-0.39, 0.29) is 135 Å². The van der Waals surface area contributed by atoms with Crippen molar-refractivity contribution in [3.8, 4) is 23.3 Å². The maximum absolute atomic E-state index is 16.1. The van der Waals surface area contributed by atoms with Crippen molar-refractivity contribution in [1.29, 1.82) is 0 Å². The normalized spacial score (nSPS) is 31.0. The summed E-state index contributed by atoms with van der Waals surface area (Å²) in [5.41, 5.74) is -0.785. The molecule has 2 aromatic heterocycles. The molecule has 4 aliphatic heterocycles. The van der Waals surface area contributed by atoms with Crippen LogP contribution in [-0.4, -0.2) is 130 Å². The largest absolute Gasteiger partial charge is 0.540 e. The van der Waals surface area contributed by atoms with Gasteiger partial charge in [-0.1, -0.05) is 91.1 Å². The smallest absolute Gasteiger partial charge is 0.306 e. The topological polar surface area (TPSA) is 216 Å². The minimum atomic E-state index is -3.35. The third kappa shape index (κ3) is 15.7. The summed E-state index contributed by atoms with van der Waals surface area (Å²) >= 11 is 0. The van der Waals surface area contributed by atoms with Crippen LogP contribution in [0.1, 0.15) is 193 Å². The molecule has 2 aromatic carbocycles. The summed E-state index contributed by atoms with van der Waals surface area (Å²) in [6.07, 6.45) is 16.0. The number of carbonyl (C=O) groups is 4. The second kappa shape index (κ2) is 30.5. The minimum absolute atomic E-state index is 0. The molecule has 18 nitrogen and oxygen atoms in total. The molecule has 4 aliphatic carbocycles. The van der Waals surface area contributed by atoms with E-state index in [1.165, 1.54) is 24.0 Å². The van der Waals surface area contributed by atoms with Gasteiger partial charge < -0.3 is 47.8 Å². The number of aromatic nitrogens is 4. The van der Waals surface area contributed by atoms with Gasteiger partial charge in [0.05, 0.1) is 74.1 Å². The maximum Gasteiger partial charge on any atom is 0.306 e. The van der Waals surface area contributed by atoms with Crippen LogP contribution in [0, 0.1) is 46.3 Å². The van der Waals surface area contributed by atoms with Crippen molar-refractivity contribution >= 4 is 58.4 Å². The minimum Gasteiger partial charge on any atom is -0.540 e. The number of ether oxygens (including phenoxy) is 6. The molecular formula is C70H88F4N6O12V2-2. The Morgan fingerprint density at radius 1 is 0.489 bits per heavy atom. The van der Waals surface area contributed by atoms with E-state index < -0.39 is 107 Å². The quantitative estimate of drug-likeness (QED) is 0.0996. The number of esters is 2. The molecule has 2 saturated heterocycles. The van der Waals surface area contributed by atoms with Crippen molar-refractivity contribution in [3.63, 3.8) is 0 Å². The Hall–Kier alpha value is -5.57. The number of methoxy groups -OCH3 is 2. The van der Waals surface area contributed by atoms with Crippen molar-refractivity contribution in [1.82, 2.24) is 29.7 Å². The van der Waals surface area contributed by atoms with E-state index in [0.29, 0.717) is 54.6 Å². The fourth-order valence-corrected chi connectivity index (χ4v) is 16.0. The van der Waals surface area contributed by atoms with Crippen LogP contribution in [0.3, 0.4) is 0 Å². The van der Waals surface area contributed by atoms with Gasteiger partial charge in [0.2, 0.25) is 23.6 Å². The summed E-state index contributed by atoms with van der Waals surface area (Å²) in [4.78, 5) is 101. The predicted molar refractivity (Wildman–Crippen MR) is 330 cm³/mol. The molecule has 12 atom stereocenters. The second-order valence-electron chi connectivity index (χ2n) is 28.2. The van der Waals surface area contributed by atoms with Gasteiger partial charge in [0.15, 0.2) is 11.4 Å². The first-order chi connectivity index (χ1) is 44.0. The van der Waals surface area contributed by atoms with Crippen molar-refractivity contribution in [2.24, 2.45) is 46.3 Å². The van der Waals surface area contributed by atoms with Crippen LogP contribution in [-0.2, 0) is 87.2 Å². The van der Waals surface area contributed by atoms with E-state index in [2.05, 4.69) is 26.9 Å². The molecule has 4 aromatic rings. The summed E-state index contributed by atoms with van der Waals surface area (Å²) in [5.74, 6) is -10.1. The number of halogens is 4. The molecule has 510 valence electrons. The van der Waals surface area contributed by atoms with Crippen molar-refractivity contribution < 1.29 is 112 Å². The van der Waals surface area contributed by atoms with Gasteiger partial charge in [-0.2, -0.15) is 17.6 Å². The van der Waals surface area contributed by atoms with E-state index in [0.717, 1.165) is 83.5 Å². The monoisotopic (exact) mass is 1380 g/mol. The summed E-state index contributed by atoms with van der Waals surface area (Å²) in [7, 11) is 3.00. The fraction of sp³-hybridized carbons (Fsp3) is 0.686. The summed E-state index contributed by atoms with van der Waals surface area (Å²) in [6, 6.07) is 7.72. The molecule has 0 N–H and O–H groups in total. The number of carbonyl (C=O) groups excluding carboxylic acids is 6. The SMILES string of the molecule is COc1ccc2nc3c(nc2c1)O[C@H]1CN(C(=O)[C@H](C2(C)CCCCC2)CC(=O)O[C@@H]2CCC[C@H]2CCCCC3(F)F)[C@H]([C-]=O)[C@@H]1C.COc1ccc2nc3c(nc2c1)O[C@H]1CN(C(=O)[C@H](C2(C)CCCCC2)CC(=O)O[C@@H]2C[C@H]2CCCCC3(F)F)[C@H]([C-]=O)[C@@H]1C.[V].[V]. The van der Waals surface area contributed by atoms with Crippen LogP contribution in [0.25, 0.3) is 22.1 Å². The number of hydrogen-bond acceptors (Lipinski definition) is 16. The third-order valence-corrected chi connectivity index (χ3v) is 22.0. The molecule has 6 heterocycles. The Morgan fingerprint density at radius 3 is 1.32 bits per heavy atom. The number of amides is 2. The maximum atomic E-state index is 16.1. The van der Waals surface area contributed by atoms with Gasteiger partial charge in [0.25, 0.3) is 11.8 Å².